The van der Waals surface area contributed by atoms with Gasteiger partial charge in [0.2, 0.25) is 10.0 Å². The number of sulfonamides is 1. The summed E-state index contributed by atoms with van der Waals surface area (Å²) in [4.78, 5) is 0.329. The van der Waals surface area contributed by atoms with Crippen molar-refractivity contribution in [2.24, 2.45) is 11.7 Å². The van der Waals surface area contributed by atoms with Gasteiger partial charge in [-0.25, -0.2) is 8.42 Å². The molecule has 2 aromatic carbocycles. The van der Waals surface area contributed by atoms with E-state index in [4.69, 9.17) is 5.73 Å². The maximum Gasteiger partial charge on any atom is 0.243 e. The molecule has 0 bridgehead atoms. The van der Waals surface area contributed by atoms with Crippen LogP contribution in [0.15, 0.2) is 59.5 Å². The monoisotopic (exact) mass is 352 g/mol. The average Bonchev–Trinajstić information content (AvgIpc) is 2.88. The van der Waals surface area contributed by atoms with Crippen molar-refractivity contribution in [3.8, 4) is 11.1 Å². The molecule has 1 aliphatic rings. The lowest BCUT2D eigenvalue weighted by Gasteiger charge is -2.16. The highest BCUT2D eigenvalue weighted by Crippen LogP contribution is 2.27. The first-order chi connectivity index (χ1) is 10.5. The first-order valence-electron chi connectivity index (χ1n) is 7.40. The molecule has 2 N–H and O–H groups in total. The summed E-state index contributed by atoms with van der Waals surface area (Å²) in [6.45, 7) is 2.86. The van der Waals surface area contributed by atoms with Crippen LogP contribution in [0.2, 0.25) is 0 Å². The molecule has 6 heteroatoms. The second-order valence-corrected chi connectivity index (χ2v) is 7.79. The molecule has 4 nitrogen and oxygen atoms in total. The zero-order valence-electron chi connectivity index (χ0n) is 12.9. The molecule has 1 heterocycles. The van der Waals surface area contributed by atoms with Crippen LogP contribution in [0.25, 0.3) is 11.1 Å². The Balaban J connectivity index is 0.00000192. The fourth-order valence-electron chi connectivity index (χ4n) is 2.76. The molecule has 1 aliphatic heterocycles. The minimum atomic E-state index is -3.48. The predicted octanol–water partition coefficient (Wildman–Crippen LogP) is 2.74. The number of halogens is 1. The van der Waals surface area contributed by atoms with Gasteiger partial charge in [-0.05, 0) is 29.2 Å². The van der Waals surface area contributed by atoms with Crippen molar-refractivity contribution in [3.63, 3.8) is 0 Å². The van der Waals surface area contributed by atoms with Crippen LogP contribution in [-0.2, 0) is 10.0 Å². The van der Waals surface area contributed by atoms with Gasteiger partial charge in [-0.2, -0.15) is 4.31 Å². The molecule has 0 aromatic heterocycles. The van der Waals surface area contributed by atoms with Crippen LogP contribution in [0.4, 0.5) is 0 Å². The molecule has 2 unspecified atom stereocenters. The SMILES string of the molecule is CC1CN(S(=O)(=O)c2cccc(-c3ccccc3)c2)CC1N.Cl. The zero-order valence-corrected chi connectivity index (χ0v) is 14.6. The molecule has 0 radical (unpaired) electrons. The second kappa shape index (κ2) is 7.01. The van der Waals surface area contributed by atoms with Gasteiger partial charge in [0.1, 0.15) is 0 Å². The summed E-state index contributed by atoms with van der Waals surface area (Å²) in [5.74, 6) is 0.187. The Hall–Kier alpha value is -1.40. The smallest absolute Gasteiger partial charge is 0.243 e. The summed E-state index contributed by atoms with van der Waals surface area (Å²) in [6.07, 6.45) is 0. The molecule has 23 heavy (non-hydrogen) atoms. The Morgan fingerprint density at radius 1 is 1.00 bits per heavy atom. The lowest BCUT2D eigenvalue weighted by Crippen LogP contribution is -2.32. The highest BCUT2D eigenvalue weighted by atomic mass is 35.5. The molecule has 2 atom stereocenters. The molecule has 124 valence electrons. The molecule has 0 spiro atoms. The lowest BCUT2D eigenvalue weighted by molar-refractivity contribution is 0.464. The van der Waals surface area contributed by atoms with Gasteiger partial charge < -0.3 is 5.73 Å². The topological polar surface area (TPSA) is 63.4 Å². The van der Waals surface area contributed by atoms with Crippen molar-refractivity contribution < 1.29 is 8.42 Å². The van der Waals surface area contributed by atoms with Crippen LogP contribution in [-0.4, -0.2) is 31.9 Å². The number of hydrogen-bond acceptors (Lipinski definition) is 3. The Bertz CT molecular complexity index is 755. The number of hydrogen-bond donors (Lipinski definition) is 1. The van der Waals surface area contributed by atoms with Gasteiger partial charge in [0.15, 0.2) is 0 Å². The van der Waals surface area contributed by atoms with E-state index in [1.165, 1.54) is 4.31 Å². The van der Waals surface area contributed by atoms with Gasteiger partial charge in [-0.1, -0.05) is 49.4 Å². The molecule has 0 saturated carbocycles. The van der Waals surface area contributed by atoms with Crippen molar-refractivity contribution in [2.75, 3.05) is 13.1 Å². The summed E-state index contributed by atoms with van der Waals surface area (Å²) in [6, 6.07) is 16.8. The molecule has 0 aliphatic carbocycles. The third kappa shape index (κ3) is 3.58. The van der Waals surface area contributed by atoms with E-state index in [0.717, 1.165) is 11.1 Å². The van der Waals surface area contributed by atoms with Gasteiger partial charge in [-0.15, -0.1) is 12.4 Å². The van der Waals surface area contributed by atoms with Crippen LogP contribution in [0.3, 0.4) is 0 Å². The molecule has 1 fully saturated rings. The van der Waals surface area contributed by atoms with Crippen LogP contribution < -0.4 is 5.73 Å². The highest BCUT2D eigenvalue weighted by molar-refractivity contribution is 7.89. The Labute approximate surface area is 143 Å². The quantitative estimate of drug-likeness (QED) is 0.923. The molecule has 0 amide bonds. The third-order valence-electron chi connectivity index (χ3n) is 4.22. The number of benzene rings is 2. The van der Waals surface area contributed by atoms with E-state index in [9.17, 15) is 8.42 Å². The first kappa shape index (κ1) is 17.9. The fourth-order valence-corrected chi connectivity index (χ4v) is 4.38. The molecular formula is C17H21ClN2O2S. The third-order valence-corrected chi connectivity index (χ3v) is 6.04. The van der Waals surface area contributed by atoms with Crippen molar-refractivity contribution in [1.82, 2.24) is 4.31 Å². The van der Waals surface area contributed by atoms with Gasteiger partial charge >= 0.3 is 0 Å². The molecule has 2 aromatic rings. The Kier molecular flexibility index (Phi) is 5.47. The second-order valence-electron chi connectivity index (χ2n) is 5.86. The summed E-state index contributed by atoms with van der Waals surface area (Å²) in [7, 11) is -3.48. The largest absolute Gasteiger partial charge is 0.326 e. The summed E-state index contributed by atoms with van der Waals surface area (Å²) < 4.78 is 27.1. The van der Waals surface area contributed by atoms with E-state index in [2.05, 4.69) is 0 Å². The van der Waals surface area contributed by atoms with Crippen LogP contribution in [0.1, 0.15) is 6.92 Å². The zero-order chi connectivity index (χ0) is 15.7. The standard InChI is InChI=1S/C17H20N2O2S.ClH/c1-13-11-19(12-17(13)18)22(20,21)16-9-5-8-15(10-16)14-6-3-2-4-7-14;/h2-10,13,17H,11-12,18H2,1H3;1H. The minimum absolute atomic E-state index is 0. The van der Waals surface area contributed by atoms with Crippen molar-refractivity contribution in [3.05, 3.63) is 54.6 Å². The van der Waals surface area contributed by atoms with Gasteiger partial charge in [0.05, 0.1) is 4.90 Å². The molecular weight excluding hydrogens is 332 g/mol. The first-order valence-corrected chi connectivity index (χ1v) is 8.84. The maximum absolute atomic E-state index is 12.8. The minimum Gasteiger partial charge on any atom is -0.326 e. The van der Waals surface area contributed by atoms with E-state index in [1.54, 1.807) is 18.2 Å². The van der Waals surface area contributed by atoms with Gasteiger partial charge in [-0.3, -0.25) is 0 Å². The lowest BCUT2D eigenvalue weighted by atomic mass is 10.1. The van der Waals surface area contributed by atoms with Crippen molar-refractivity contribution in [2.45, 2.75) is 17.9 Å². The molecule has 3 rings (SSSR count). The van der Waals surface area contributed by atoms with E-state index in [0.29, 0.717) is 18.0 Å². The average molecular weight is 353 g/mol. The van der Waals surface area contributed by atoms with Gasteiger partial charge in [0, 0.05) is 19.1 Å². The normalized spacial score (nSPS) is 21.8. The number of nitrogens with two attached hydrogens (primary N) is 1. The summed E-state index contributed by atoms with van der Waals surface area (Å²) in [5, 5.41) is 0. The van der Waals surface area contributed by atoms with Crippen molar-refractivity contribution >= 4 is 22.4 Å². The Morgan fingerprint density at radius 2 is 1.65 bits per heavy atom. The summed E-state index contributed by atoms with van der Waals surface area (Å²) in [5.41, 5.74) is 7.86. The van der Waals surface area contributed by atoms with Crippen LogP contribution in [0, 0.1) is 5.92 Å². The summed E-state index contributed by atoms with van der Waals surface area (Å²) >= 11 is 0. The number of nitrogens with zero attached hydrogens (tertiary/aromatic N) is 1. The predicted molar refractivity (Wildman–Crippen MR) is 95.0 cm³/mol. The maximum atomic E-state index is 12.8. The van der Waals surface area contributed by atoms with Gasteiger partial charge in [0.25, 0.3) is 0 Å². The van der Waals surface area contributed by atoms with Crippen molar-refractivity contribution in [1.29, 1.82) is 0 Å². The molecule has 1 saturated heterocycles. The number of rotatable bonds is 3. The van der Waals surface area contributed by atoms with E-state index < -0.39 is 10.0 Å². The fraction of sp³-hybridized carbons (Fsp3) is 0.294. The van der Waals surface area contributed by atoms with Crippen LogP contribution in [0.5, 0.6) is 0 Å². The van der Waals surface area contributed by atoms with E-state index >= 15 is 0 Å². The Morgan fingerprint density at radius 3 is 2.26 bits per heavy atom. The van der Waals surface area contributed by atoms with Crippen LogP contribution >= 0.6 is 12.4 Å². The van der Waals surface area contributed by atoms with E-state index in [-0.39, 0.29) is 24.4 Å². The van der Waals surface area contributed by atoms with E-state index in [1.807, 2.05) is 43.3 Å². The highest BCUT2D eigenvalue weighted by Gasteiger charge is 2.35.